The van der Waals surface area contributed by atoms with Gasteiger partial charge >= 0.3 is 0 Å². The Morgan fingerprint density at radius 3 is 2.16 bits per heavy atom. The van der Waals surface area contributed by atoms with Crippen molar-refractivity contribution >= 4 is 17.5 Å². The summed E-state index contributed by atoms with van der Waals surface area (Å²) in [5, 5.41) is 5.40. The molecule has 0 radical (unpaired) electrons. The zero-order valence-corrected chi connectivity index (χ0v) is 14.8. The largest absolute Gasteiger partial charge is 0.497 e. The van der Waals surface area contributed by atoms with Crippen LogP contribution in [0.2, 0.25) is 0 Å². The SMILES string of the molecule is COc1ccc(CC(=O)NCC(=O)Nc2ccc(C(C)C)cc2)cc1. The van der Waals surface area contributed by atoms with Crippen molar-refractivity contribution in [2.24, 2.45) is 0 Å². The molecule has 0 spiro atoms. The van der Waals surface area contributed by atoms with E-state index in [1.54, 1.807) is 19.2 Å². The maximum Gasteiger partial charge on any atom is 0.243 e. The minimum atomic E-state index is -0.250. The van der Waals surface area contributed by atoms with Crippen LogP contribution in [0.25, 0.3) is 0 Å². The van der Waals surface area contributed by atoms with Gasteiger partial charge < -0.3 is 15.4 Å². The molecule has 0 aliphatic carbocycles. The Labute approximate surface area is 148 Å². The van der Waals surface area contributed by atoms with Gasteiger partial charge in [-0.3, -0.25) is 9.59 Å². The number of hydrogen-bond acceptors (Lipinski definition) is 3. The van der Waals surface area contributed by atoms with E-state index in [4.69, 9.17) is 4.74 Å². The summed E-state index contributed by atoms with van der Waals surface area (Å²) in [5.74, 6) is 0.741. The van der Waals surface area contributed by atoms with Crippen LogP contribution in [0.3, 0.4) is 0 Å². The summed E-state index contributed by atoms with van der Waals surface area (Å²) in [6.07, 6.45) is 0.223. The third-order valence-corrected chi connectivity index (χ3v) is 3.83. The molecule has 0 aliphatic rings. The second-order valence-corrected chi connectivity index (χ2v) is 6.13. The second-order valence-electron chi connectivity index (χ2n) is 6.13. The number of anilines is 1. The van der Waals surface area contributed by atoms with Crippen LogP contribution in [0, 0.1) is 0 Å². The van der Waals surface area contributed by atoms with Crippen molar-refractivity contribution in [3.63, 3.8) is 0 Å². The molecule has 2 amide bonds. The third-order valence-electron chi connectivity index (χ3n) is 3.83. The van der Waals surface area contributed by atoms with Crippen molar-refractivity contribution < 1.29 is 14.3 Å². The summed E-state index contributed by atoms with van der Waals surface area (Å²) in [7, 11) is 1.59. The molecule has 0 atom stereocenters. The van der Waals surface area contributed by atoms with Gasteiger partial charge in [-0.25, -0.2) is 0 Å². The van der Waals surface area contributed by atoms with Gasteiger partial charge in [0.05, 0.1) is 20.1 Å². The number of hydrogen-bond donors (Lipinski definition) is 2. The van der Waals surface area contributed by atoms with Crippen molar-refractivity contribution in [2.45, 2.75) is 26.2 Å². The summed E-state index contributed by atoms with van der Waals surface area (Å²) >= 11 is 0. The standard InChI is InChI=1S/C20H24N2O3/c1-14(2)16-6-8-17(9-7-16)22-20(24)13-21-19(23)12-15-4-10-18(25-3)11-5-15/h4-11,14H,12-13H2,1-3H3,(H,21,23)(H,22,24). The van der Waals surface area contributed by atoms with Crippen molar-refractivity contribution in [3.05, 3.63) is 59.7 Å². The predicted octanol–water partition coefficient (Wildman–Crippen LogP) is 3.12. The highest BCUT2D eigenvalue weighted by molar-refractivity contribution is 5.94. The molecule has 2 rings (SSSR count). The molecular weight excluding hydrogens is 316 g/mol. The van der Waals surface area contributed by atoms with Crippen LogP contribution in [-0.4, -0.2) is 25.5 Å². The van der Waals surface area contributed by atoms with Gasteiger partial charge in [-0.15, -0.1) is 0 Å². The molecule has 0 unspecified atom stereocenters. The average Bonchev–Trinajstić information content (AvgIpc) is 2.61. The molecule has 0 heterocycles. The normalized spacial score (nSPS) is 10.4. The zero-order chi connectivity index (χ0) is 18.2. The van der Waals surface area contributed by atoms with Gasteiger partial charge in [0.25, 0.3) is 0 Å². The van der Waals surface area contributed by atoms with Gasteiger partial charge in [0, 0.05) is 5.69 Å². The molecule has 132 valence electrons. The minimum absolute atomic E-state index is 0.0546. The molecule has 0 saturated carbocycles. The lowest BCUT2D eigenvalue weighted by molar-refractivity contribution is -0.123. The first-order valence-corrected chi connectivity index (χ1v) is 8.27. The maximum absolute atomic E-state index is 11.9. The molecule has 2 N–H and O–H groups in total. The van der Waals surface area contributed by atoms with Gasteiger partial charge in [-0.2, -0.15) is 0 Å². The predicted molar refractivity (Wildman–Crippen MR) is 98.9 cm³/mol. The van der Waals surface area contributed by atoms with Crippen molar-refractivity contribution in [2.75, 3.05) is 19.0 Å². The molecule has 2 aromatic rings. The Balaban J connectivity index is 1.77. The summed E-state index contributed by atoms with van der Waals surface area (Å²) in [4.78, 5) is 23.9. The number of nitrogens with one attached hydrogen (secondary N) is 2. The van der Waals surface area contributed by atoms with E-state index in [9.17, 15) is 9.59 Å². The number of methoxy groups -OCH3 is 1. The van der Waals surface area contributed by atoms with Crippen LogP contribution in [-0.2, 0) is 16.0 Å². The second kappa shape index (κ2) is 8.87. The summed E-state index contributed by atoms with van der Waals surface area (Å²) < 4.78 is 5.08. The quantitative estimate of drug-likeness (QED) is 0.814. The Kier molecular flexibility index (Phi) is 6.57. The van der Waals surface area contributed by atoms with Crippen LogP contribution in [0.1, 0.15) is 30.9 Å². The van der Waals surface area contributed by atoms with E-state index in [2.05, 4.69) is 24.5 Å². The number of rotatable bonds is 7. The van der Waals surface area contributed by atoms with E-state index in [0.717, 1.165) is 17.0 Å². The lowest BCUT2D eigenvalue weighted by Gasteiger charge is -2.09. The Hall–Kier alpha value is -2.82. The Morgan fingerprint density at radius 2 is 1.60 bits per heavy atom. The highest BCUT2D eigenvalue weighted by Gasteiger charge is 2.08. The highest BCUT2D eigenvalue weighted by atomic mass is 16.5. The van der Waals surface area contributed by atoms with Gasteiger partial charge in [-0.1, -0.05) is 38.1 Å². The fourth-order valence-corrected chi connectivity index (χ4v) is 2.33. The first-order chi connectivity index (χ1) is 12.0. The molecule has 5 nitrogen and oxygen atoms in total. The van der Waals surface area contributed by atoms with Gasteiger partial charge in [-0.05, 0) is 41.3 Å². The fraction of sp³-hybridized carbons (Fsp3) is 0.300. The van der Waals surface area contributed by atoms with E-state index < -0.39 is 0 Å². The molecule has 2 aromatic carbocycles. The summed E-state index contributed by atoms with van der Waals surface area (Å²) in [6.45, 7) is 4.18. The number of ether oxygens (including phenoxy) is 1. The molecule has 5 heteroatoms. The van der Waals surface area contributed by atoms with E-state index in [0.29, 0.717) is 5.92 Å². The lowest BCUT2D eigenvalue weighted by Crippen LogP contribution is -2.33. The molecule has 0 bridgehead atoms. The van der Waals surface area contributed by atoms with Gasteiger partial charge in [0.2, 0.25) is 11.8 Å². The molecule has 0 aliphatic heterocycles. The molecule has 0 fully saturated rings. The van der Waals surface area contributed by atoms with E-state index in [-0.39, 0.29) is 24.8 Å². The molecular formula is C20H24N2O3. The zero-order valence-electron chi connectivity index (χ0n) is 14.8. The molecule has 25 heavy (non-hydrogen) atoms. The summed E-state index contributed by atoms with van der Waals surface area (Å²) in [6, 6.07) is 15.0. The topological polar surface area (TPSA) is 67.4 Å². The van der Waals surface area contributed by atoms with Crippen molar-refractivity contribution in [3.8, 4) is 5.75 Å². The number of carbonyl (C=O) groups excluding carboxylic acids is 2. The van der Waals surface area contributed by atoms with Crippen LogP contribution in [0.15, 0.2) is 48.5 Å². The van der Waals surface area contributed by atoms with Crippen LogP contribution in [0.5, 0.6) is 5.75 Å². The summed E-state index contributed by atoms with van der Waals surface area (Å²) in [5.41, 5.74) is 2.80. The van der Waals surface area contributed by atoms with E-state index >= 15 is 0 Å². The lowest BCUT2D eigenvalue weighted by atomic mass is 10.0. The Morgan fingerprint density at radius 1 is 0.960 bits per heavy atom. The fourth-order valence-electron chi connectivity index (χ4n) is 2.33. The van der Waals surface area contributed by atoms with Gasteiger partial charge in [0.1, 0.15) is 5.75 Å². The van der Waals surface area contributed by atoms with Crippen LogP contribution in [0.4, 0.5) is 5.69 Å². The molecule has 0 saturated heterocycles. The average molecular weight is 340 g/mol. The third kappa shape index (κ3) is 5.95. The van der Waals surface area contributed by atoms with Crippen molar-refractivity contribution in [1.82, 2.24) is 5.32 Å². The molecule has 0 aromatic heterocycles. The number of amides is 2. The Bertz CT molecular complexity index is 707. The first-order valence-electron chi connectivity index (χ1n) is 8.27. The number of benzene rings is 2. The number of carbonyl (C=O) groups is 2. The highest BCUT2D eigenvalue weighted by Crippen LogP contribution is 2.17. The van der Waals surface area contributed by atoms with E-state index in [1.165, 1.54) is 5.56 Å². The smallest absolute Gasteiger partial charge is 0.243 e. The minimum Gasteiger partial charge on any atom is -0.497 e. The van der Waals surface area contributed by atoms with Crippen LogP contribution < -0.4 is 15.4 Å². The van der Waals surface area contributed by atoms with E-state index in [1.807, 2.05) is 36.4 Å². The monoisotopic (exact) mass is 340 g/mol. The maximum atomic E-state index is 11.9. The van der Waals surface area contributed by atoms with Crippen LogP contribution >= 0.6 is 0 Å². The first kappa shape index (κ1) is 18.5. The van der Waals surface area contributed by atoms with Crippen molar-refractivity contribution in [1.29, 1.82) is 0 Å². The van der Waals surface area contributed by atoms with Gasteiger partial charge in [0.15, 0.2) is 0 Å².